The normalized spacial score (nSPS) is 25.1. The number of hydrogen-bond acceptors (Lipinski definition) is 4. The number of carbonyl (C=O) groups excluding carboxylic acids is 1. The zero-order valence-corrected chi connectivity index (χ0v) is 9.23. The van der Waals surface area contributed by atoms with E-state index in [2.05, 4.69) is 5.32 Å². The molecule has 86 valence electrons. The molecule has 0 aliphatic carbocycles. The van der Waals surface area contributed by atoms with Gasteiger partial charge in [0.25, 0.3) is 0 Å². The fourth-order valence-electron chi connectivity index (χ4n) is 1.68. The molecular formula is C12H15NO3. The molecule has 1 aliphatic rings. The maximum Gasteiger partial charge on any atom is 0.181 e. The highest BCUT2D eigenvalue weighted by molar-refractivity contribution is 5.75. The summed E-state index contributed by atoms with van der Waals surface area (Å²) in [4.78, 5) is 10.6. The molecule has 2 rings (SSSR count). The van der Waals surface area contributed by atoms with Crippen LogP contribution in [0.2, 0.25) is 0 Å². The third kappa shape index (κ3) is 2.59. The molecule has 1 aliphatic heterocycles. The van der Waals surface area contributed by atoms with E-state index in [0.29, 0.717) is 24.5 Å². The molecule has 1 atom stereocenters. The summed E-state index contributed by atoms with van der Waals surface area (Å²) in [6.07, 6.45) is 0.806. The molecule has 0 amide bonds. The van der Waals surface area contributed by atoms with Crippen LogP contribution in [0.15, 0.2) is 24.3 Å². The molecule has 1 saturated heterocycles. The van der Waals surface area contributed by atoms with E-state index in [9.17, 15) is 4.79 Å². The molecule has 16 heavy (non-hydrogen) atoms. The van der Waals surface area contributed by atoms with Crippen molar-refractivity contribution in [2.24, 2.45) is 0 Å². The molecule has 1 fully saturated rings. The van der Waals surface area contributed by atoms with Gasteiger partial charge in [-0.2, -0.15) is 0 Å². The fraction of sp³-hybridized carbons (Fsp3) is 0.417. The van der Waals surface area contributed by atoms with Gasteiger partial charge in [0.2, 0.25) is 0 Å². The lowest BCUT2D eigenvalue weighted by Gasteiger charge is -2.35. The average Bonchev–Trinajstić information content (AvgIpc) is 2.29. The van der Waals surface area contributed by atoms with E-state index in [-0.39, 0.29) is 0 Å². The summed E-state index contributed by atoms with van der Waals surface area (Å²) in [5.74, 6) is 0.671. The Hall–Kier alpha value is -1.39. The van der Waals surface area contributed by atoms with Gasteiger partial charge in [0.1, 0.15) is 18.6 Å². The molecule has 1 heterocycles. The van der Waals surface area contributed by atoms with Gasteiger partial charge in [-0.1, -0.05) is 12.1 Å². The van der Waals surface area contributed by atoms with Crippen molar-refractivity contribution in [3.63, 3.8) is 0 Å². The Bertz CT molecular complexity index is 372. The Morgan fingerprint density at radius 3 is 3.12 bits per heavy atom. The van der Waals surface area contributed by atoms with Crippen LogP contribution in [-0.2, 0) is 4.74 Å². The molecular weight excluding hydrogens is 206 g/mol. The molecule has 0 spiro atoms. The zero-order valence-electron chi connectivity index (χ0n) is 9.23. The SMILES string of the molecule is C[C@@]1(Oc2cccc(C=O)c2)COCCN1. The van der Waals surface area contributed by atoms with Crippen molar-refractivity contribution in [1.82, 2.24) is 5.32 Å². The monoisotopic (exact) mass is 221 g/mol. The maximum atomic E-state index is 10.6. The molecule has 0 aromatic heterocycles. The Balaban J connectivity index is 2.09. The molecule has 1 N–H and O–H groups in total. The number of carbonyl (C=O) groups is 1. The van der Waals surface area contributed by atoms with Crippen LogP contribution >= 0.6 is 0 Å². The topological polar surface area (TPSA) is 47.6 Å². The van der Waals surface area contributed by atoms with Gasteiger partial charge in [0.15, 0.2) is 5.72 Å². The first-order valence-electron chi connectivity index (χ1n) is 5.29. The Labute approximate surface area is 94.6 Å². The molecule has 4 heteroatoms. The minimum Gasteiger partial charge on any atom is -0.471 e. The second-order valence-corrected chi connectivity index (χ2v) is 4.00. The van der Waals surface area contributed by atoms with Crippen molar-refractivity contribution in [3.05, 3.63) is 29.8 Å². The molecule has 0 radical (unpaired) electrons. The van der Waals surface area contributed by atoms with Gasteiger partial charge in [-0.05, 0) is 19.1 Å². The second kappa shape index (κ2) is 4.63. The lowest BCUT2D eigenvalue weighted by Crippen LogP contribution is -2.56. The van der Waals surface area contributed by atoms with Gasteiger partial charge in [-0.3, -0.25) is 10.1 Å². The van der Waals surface area contributed by atoms with Crippen molar-refractivity contribution in [2.75, 3.05) is 19.8 Å². The van der Waals surface area contributed by atoms with Crippen molar-refractivity contribution in [2.45, 2.75) is 12.6 Å². The quantitative estimate of drug-likeness (QED) is 0.779. The lowest BCUT2D eigenvalue weighted by atomic mass is 10.2. The van der Waals surface area contributed by atoms with E-state index >= 15 is 0 Å². The fourth-order valence-corrected chi connectivity index (χ4v) is 1.68. The molecule has 4 nitrogen and oxygen atoms in total. The minimum absolute atomic E-state index is 0.498. The van der Waals surface area contributed by atoms with Crippen LogP contribution in [-0.4, -0.2) is 31.8 Å². The highest BCUT2D eigenvalue weighted by Gasteiger charge is 2.29. The summed E-state index contributed by atoms with van der Waals surface area (Å²) in [7, 11) is 0. The molecule has 0 unspecified atom stereocenters. The standard InChI is InChI=1S/C12H15NO3/c1-12(9-15-6-5-13-12)16-11-4-2-3-10(7-11)8-14/h2-4,7-8,13H,5-6,9H2,1H3/t12-/m1/s1. The summed E-state index contributed by atoms with van der Waals surface area (Å²) in [5, 5.41) is 3.25. The molecule has 0 bridgehead atoms. The van der Waals surface area contributed by atoms with Crippen LogP contribution in [0, 0.1) is 0 Å². The number of rotatable bonds is 3. The van der Waals surface area contributed by atoms with Gasteiger partial charge < -0.3 is 9.47 Å². The summed E-state index contributed by atoms with van der Waals surface area (Å²) in [5.41, 5.74) is 0.0950. The molecule has 0 saturated carbocycles. The highest BCUT2D eigenvalue weighted by Crippen LogP contribution is 2.19. The van der Waals surface area contributed by atoms with Crippen molar-refractivity contribution < 1.29 is 14.3 Å². The molecule has 1 aromatic carbocycles. The first-order chi connectivity index (χ1) is 7.72. The van der Waals surface area contributed by atoms with Crippen LogP contribution in [0.5, 0.6) is 5.75 Å². The molecule has 1 aromatic rings. The maximum absolute atomic E-state index is 10.6. The summed E-state index contributed by atoms with van der Waals surface area (Å²) in [6.45, 7) is 3.90. The van der Waals surface area contributed by atoms with Gasteiger partial charge in [0, 0.05) is 12.1 Å². The van der Waals surface area contributed by atoms with Crippen molar-refractivity contribution in [1.29, 1.82) is 0 Å². The van der Waals surface area contributed by atoms with Crippen LogP contribution in [0.1, 0.15) is 17.3 Å². The van der Waals surface area contributed by atoms with E-state index in [1.165, 1.54) is 0 Å². The third-order valence-corrected chi connectivity index (χ3v) is 2.46. The highest BCUT2D eigenvalue weighted by atomic mass is 16.6. The average molecular weight is 221 g/mol. The van der Waals surface area contributed by atoms with Crippen molar-refractivity contribution >= 4 is 6.29 Å². The summed E-state index contributed by atoms with van der Waals surface area (Å²) >= 11 is 0. The first kappa shape index (κ1) is 11.1. The van der Waals surface area contributed by atoms with Crippen LogP contribution in [0.25, 0.3) is 0 Å². The largest absolute Gasteiger partial charge is 0.471 e. The van der Waals surface area contributed by atoms with Gasteiger partial charge in [-0.15, -0.1) is 0 Å². The van der Waals surface area contributed by atoms with Crippen molar-refractivity contribution in [3.8, 4) is 5.75 Å². The number of morpholine rings is 1. The van der Waals surface area contributed by atoms with E-state index in [1.807, 2.05) is 13.0 Å². The zero-order chi connectivity index (χ0) is 11.4. The summed E-state index contributed by atoms with van der Waals surface area (Å²) in [6, 6.07) is 7.09. The predicted octanol–water partition coefficient (Wildman–Crippen LogP) is 1.21. The number of hydrogen-bond donors (Lipinski definition) is 1. The van der Waals surface area contributed by atoms with E-state index in [4.69, 9.17) is 9.47 Å². The Morgan fingerprint density at radius 1 is 1.56 bits per heavy atom. The number of nitrogens with one attached hydrogen (secondary N) is 1. The smallest absolute Gasteiger partial charge is 0.181 e. The van der Waals surface area contributed by atoms with Gasteiger partial charge >= 0.3 is 0 Å². The van der Waals surface area contributed by atoms with Crippen LogP contribution in [0.3, 0.4) is 0 Å². The van der Waals surface area contributed by atoms with Crippen LogP contribution in [0.4, 0.5) is 0 Å². The summed E-state index contributed by atoms with van der Waals surface area (Å²) < 4.78 is 11.1. The number of benzene rings is 1. The Morgan fingerprint density at radius 2 is 2.44 bits per heavy atom. The minimum atomic E-state index is -0.514. The van der Waals surface area contributed by atoms with Gasteiger partial charge in [0.05, 0.1) is 6.61 Å². The second-order valence-electron chi connectivity index (χ2n) is 4.00. The lowest BCUT2D eigenvalue weighted by molar-refractivity contribution is -0.0702. The van der Waals surface area contributed by atoms with Gasteiger partial charge in [-0.25, -0.2) is 0 Å². The number of ether oxygens (including phenoxy) is 2. The Kier molecular flexibility index (Phi) is 3.22. The van der Waals surface area contributed by atoms with E-state index < -0.39 is 5.72 Å². The van der Waals surface area contributed by atoms with E-state index in [0.717, 1.165) is 12.8 Å². The first-order valence-corrected chi connectivity index (χ1v) is 5.29. The number of aldehydes is 1. The van der Waals surface area contributed by atoms with Crippen LogP contribution < -0.4 is 10.1 Å². The predicted molar refractivity (Wildman–Crippen MR) is 59.7 cm³/mol. The third-order valence-electron chi connectivity index (χ3n) is 2.46. The van der Waals surface area contributed by atoms with E-state index in [1.54, 1.807) is 18.2 Å².